The number of H-pyrrole nitrogens is 1. The molecule has 0 radical (unpaired) electrons. The van der Waals surface area contributed by atoms with Crippen molar-refractivity contribution in [2.45, 2.75) is 26.3 Å². The number of aromatic amines is 1. The minimum atomic E-state index is -0.170. The molecule has 0 saturated heterocycles. The van der Waals surface area contributed by atoms with Gasteiger partial charge in [-0.25, -0.2) is 9.97 Å². The molecule has 1 atom stereocenters. The molecule has 3 rings (SSSR count). The van der Waals surface area contributed by atoms with Crippen molar-refractivity contribution in [2.24, 2.45) is 0 Å². The van der Waals surface area contributed by atoms with Crippen LogP contribution >= 0.6 is 0 Å². The van der Waals surface area contributed by atoms with E-state index in [1.165, 1.54) is 6.20 Å². The number of nitrogens with one attached hydrogen (secondary N) is 2. The summed E-state index contributed by atoms with van der Waals surface area (Å²) in [5.41, 5.74) is 1.52. The quantitative estimate of drug-likeness (QED) is 0.758. The molecular formula is C17H18N4O2. The minimum absolute atomic E-state index is 0.101. The van der Waals surface area contributed by atoms with Gasteiger partial charge in [-0.05, 0) is 25.5 Å². The predicted molar refractivity (Wildman–Crippen MR) is 87.6 cm³/mol. The van der Waals surface area contributed by atoms with E-state index in [1.54, 1.807) is 6.20 Å². The number of carbonyl (C=O) groups excluding carboxylic acids is 1. The largest absolute Gasteiger partial charge is 0.437 e. The van der Waals surface area contributed by atoms with Gasteiger partial charge in [-0.15, -0.1) is 0 Å². The third-order valence-corrected chi connectivity index (χ3v) is 3.56. The lowest BCUT2D eigenvalue weighted by atomic mass is 10.2. The number of fused-ring (bicyclic) bond motifs is 1. The van der Waals surface area contributed by atoms with Gasteiger partial charge in [-0.3, -0.25) is 4.79 Å². The second kappa shape index (κ2) is 6.48. The van der Waals surface area contributed by atoms with Crippen LogP contribution in [0.3, 0.4) is 0 Å². The molecule has 6 heteroatoms. The van der Waals surface area contributed by atoms with Crippen molar-refractivity contribution < 1.29 is 9.53 Å². The number of nitrogens with zero attached hydrogens (tertiary/aromatic N) is 2. The molecule has 1 aromatic carbocycles. The van der Waals surface area contributed by atoms with Gasteiger partial charge in [0.15, 0.2) is 5.65 Å². The molecule has 2 heterocycles. The Labute approximate surface area is 133 Å². The maximum atomic E-state index is 12.3. The van der Waals surface area contributed by atoms with Gasteiger partial charge in [0.05, 0.1) is 11.8 Å². The zero-order valence-electron chi connectivity index (χ0n) is 13.0. The smallest absolute Gasteiger partial charge is 0.255 e. The molecule has 1 amide bonds. The Morgan fingerprint density at radius 3 is 2.87 bits per heavy atom. The van der Waals surface area contributed by atoms with E-state index in [9.17, 15) is 4.79 Å². The van der Waals surface area contributed by atoms with E-state index >= 15 is 0 Å². The number of aromatic nitrogens is 3. The van der Waals surface area contributed by atoms with E-state index in [4.69, 9.17) is 4.74 Å². The summed E-state index contributed by atoms with van der Waals surface area (Å²) >= 11 is 0. The molecule has 0 fully saturated rings. The van der Waals surface area contributed by atoms with E-state index in [0.29, 0.717) is 28.4 Å². The first-order chi connectivity index (χ1) is 11.2. The van der Waals surface area contributed by atoms with Crippen LogP contribution in [0.15, 0.2) is 42.7 Å². The second-order valence-corrected chi connectivity index (χ2v) is 5.31. The van der Waals surface area contributed by atoms with E-state index in [2.05, 4.69) is 20.3 Å². The number of hydrogen-bond donors (Lipinski definition) is 2. The lowest BCUT2D eigenvalue weighted by Gasteiger charge is -2.10. The molecule has 23 heavy (non-hydrogen) atoms. The number of amides is 1. The van der Waals surface area contributed by atoms with Gasteiger partial charge in [0.2, 0.25) is 5.88 Å². The van der Waals surface area contributed by atoms with Gasteiger partial charge in [-0.2, -0.15) is 0 Å². The summed E-state index contributed by atoms with van der Waals surface area (Å²) in [6.07, 6.45) is 4.01. The third kappa shape index (κ3) is 3.31. The third-order valence-electron chi connectivity index (χ3n) is 3.56. The van der Waals surface area contributed by atoms with Crippen LogP contribution in [-0.4, -0.2) is 26.9 Å². The van der Waals surface area contributed by atoms with Gasteiger partial charge >= 0.3 is 0 Å². The van der Waals surface area contributed by atoms with E-state index in [-0.39, 0.29) is 11.9 Å². The average Bonchev–Trinajstić information content (AvgIpc) is 2.99. The van der Waals surface area contributed by atoms with Crippen LogP contribution in [0.25, 0.3) is 11.2 Å². The van der Waals surface area contributed by atoms with Crippen LogP contribution in [-0.2, 0) is 0 Å². The summed E-state index contributed by atoms with van der Waals surface area (Å²) in [6.45, 7) is 3.98. The van der Waals surface area contributed by atoms with Crippen LogP contribution in [0.5, 0.6) is 11.6 Å². The fourth-order valence-corrected chi connectivity index (χ4v) is 2.11. The van der Waals surface area contributed by atoms with Crippen molar-refractivity contribution in [3.8, 4) is 11.6 Å². The molecule has 0 spiro atoms. The molecule has 0 aliphatic rings. The normalized spacial score (nSPS) is 12.1. The first-order valence-electron chi connectivity index (χ1n) is 7.55. The number of carbonyl (C=O) groups is 1. The number of para-hydroxylation sites is 1. The van der Waals surface area contributed by atoms with E-state index in [1.807, 2.05) is 44.2 Å². The summed E-state index contributed by atoms with van der Waals surface area (Å²) in [6, 6.07) is 9.43. The molecular weight excluding hydrogens is 292 g/mol. The maximum Gasteiger partial charge on any atom is 0.255 e. The molecule has 0 saturated carbocycles. The monoisotopic (exact) mass is 310 g/mol. The number of ether oxygens (including phenoxy) is 1. The van der Waals surface area contributed by atoms with Gasteiger partial charge in [0.25, 0.3) is 5.91 Å². The summed E-state index contributed by atoms with van der Waals surface area (Å²) < 4.78 is 5.67. The zero-order chi connectivity index (χ0) is 16.2. The molecule has 6 nitrogen and oxygen atoms in total. The standard InChI is InChI=1S/C17H18N4O2/c1-3-11(2)20-17(22)13-9-18-16-15(13)21-14(10-19-16)23-12-7-5-4-6-8-12/h4-11H,3H2,1-2H3,(H,18,19)(H,20,22). The van der Waals surface area contributed by atoms with Gasteiger partial charge in [0.1, 0.15) is 11.3 Å². The van der Waals surface area contributed by atoms with Crippen molar-refractivity contribution in [3.63, 3.8) is 0 Å². The Morgan fingerprint density at radius 1 is 1.35 bits per heavy atom. The van der Waals surface area contributed by atoms with Crippen LogP contribution < -0.4 is 10.1 Å². The molecule has 0 bridgehead atoms. The summed E-state index contributed by atoms with van der Waals surface area (Å²) in [5.74, 6) is 0.847. The van der Waals surface area contributed by atoms with Gasteiger partial charge in [0, 0.05) is 12.2 Å². The van der Waals surface area contributed by atoms with Gasteiger partial charge < -0.3 is 15.0 Å². The van der Waals surface area contributed by atoms with Crippen LogP contribution in [0.1, 0.15) is 30.6 Å². The Kier molecular flexibility index (Phi) is 4.23. The molecule has 118 valence electrons. The zero-order valence-corrected chi connectivity index (χ0v) is 13.0. The topological polar surface area (TPSA) is 79.9 Å². The van der Waals surface area contributed by atoms with Crippen molar-refractivity contribution in [1.82, 2.24) is 20.3 Å². The van der Waals surface area contributed by atoms with Crippen molar-refractivity contribution in [1.29, 1.82) is 0 Å². The highest BCUT2D eigenvalue weighted by molar-refractivity contribution is 6.04. The highest BCUT2D eigenvalue weighted by Gasteiger charge is 2.16. The van der Waals surface area contributed by atoms with Crippen LogP contribution in [0, 0.1) is 0 Å². The Balaban J connectivity index is 1.89. The fraction of sp³-hybridized carbons (Fsp3) is 0.235. The molecule has 3 aromatic rings. The first-order valence-corrected chi connectivity index (χ1v) is 7.55. The Morgan fingerprint density at radius 2 is 2.13 bits per heavy atom. The van der Waals surface area contributed by atoms with Gasteiger partial charge in [-0.1, -0.05) is 25.1 Å². The molecule has 2 N–H and O–H groups in total. The summed E-state index contributed by atoms with van der Waals surface area (Å²) in [4.78, 5) is 23.9. The van der Waals surface area contributed by atoms with Crippen LogP contribution in [0.2, 0.25) is 0 Å². The SMILES string of the molecule is CCC(C)NC(=O)c1c[nH]c2ncc(Oc3ccccc3)nc12. The lowest BCUT2D eigenvalue weighted by Crippen LogP contribution is -2.31. The van der Waals surface area contributed by atoms with Crippen LogP contribution in [0.4, 0.5) is 0 Å². The molecule has 0 aliphatic heterocycles. The lowest BCUT2D eigenvalue weighted by molar-refractivity contribution is 0.0941. The number of hydrogen-bond acceptors (Lipinski definition) is 4. The average molecular weight is 310 g/mol. The second-order valence-electron chi connectivity index (χ2n) is 5.31. The highest BCUT2D eigenvalue weighted by atomic mass is 16.5. The maximum absolute atomic E-state index is 12.3. The van der Waals surface area contributed by atoms with Crippen molar-refractivity contribution >= 4 is 17.1 Å². The summed E-state index contributed by atoms with van der Waals surface area (Å²) in [5, 5.41) is 2.93. The Hall–Kier alpha value is -2.89. The predicted octanol–water partition coefficient (Wildman–Crippen LogP) is 3.28. The summed E-state index contributed by atoms with van der Waals surface area (Å²) in [7, 11) is 0. The molecule has 1 unspecified atom stereocenters. The van der Waals surface area contributed by atoms with Crippen molar-refractivity contribution in [2.75, 3.05) is 0 Å². The van der Waals surface area contributed by atoms with E-state index in [0.717, 1.165) is 6.42 Å². The fourth-order valence-electron chi connectivity index (χ4n) is 2.11. The first kappa shape index (κ1) is 15.0. The van der Waals surface area contributed by atoms with E-state index < -0.39 is 0 Å². The van der Waals surface area contributed by atoms with Crippen molar-refractivity contribution in [3.05, 3.63) is 48.3 Å². The molecule has 2 aromatic heterocycles. The Bertz CT molecular complexity index is 814. The number of rotatable bonds is 5. The highest BCUT2D eigenvalue weighted by Crippen LogP contribution is 2.22. The minimum Gasteiger partial charge on any atom is -0.437 e. The number of benzene rings is 1. The molecule has 0 aliphatic carbocycles.